The molecule has 0 aromatic carbocycles. The monoisotopic (exact) mass is 277 g/mol. The molecule has 1 saturated heterocycles. The van der Waals surface area contributed by atoms with Crippen LogP contribution in [0, 0.1) is 6.92 Å². The van der Waals surface area contributed by atoms with Gasteiger partial charge in [-0.05, 0) is 26.0 Å². The van der Waals surface area contributed by atoms with E-state index in [4.69, 9.17) is 4.74 Å². The Morgan fingerprint density at radius 2 is 2.20 bits per heavy atom. The van der Waals surface area contributed by atoms with Crippen LogP contribution in [0.5, 0.6) is 0 Å². The fraction of sp³-hybridized carbons (Fsp3) is 0.600. The average Bonchev–Trinajstić information content (AvgIpc) is 2.46. The third-order valence-corrected chi connectivity index (χ3v) is 3.56. The zero-order valence-electron chi connectivity index (χ0n) is 12.3. The summed E-state index contributed by atoms with van der Waals surface area (Å²) in [7, 11) is 0. The summed E-state index contributed by atoms with van der Waals surface area (Å²) in [5, 5.41) is 2.94. The summed E-state index contributed by atoms with van der Waals surface area (Å²) in [5.41, 5.74) is 1.87. The van der Waals surface area contributed by atoms with Gasteiger partial charge in [-0.2, -0.15) is 0 Å². The van der Waals surface area contributed by atoms with E-state index in [1.54, 1.807) is 0 Å². The number of amides is 1. The lowest BCUT2D eigenvalue weighted by molar-refractivity contribution is -0.122. The molecular weight excluding hydrogens is 254 g/mol. The van der Waals surface area contributed by atoms with Crippen LogP contribution in [0.25, 0.3) is 0 Å². The summed E-state index contributed by atoms with van der Waals surface area (Å²) in [6.07, 6.45) is 0.520. The molecule has 0 radical (unpaired) electrons. The van der Waals surface area contributed by atoms with Gasteiger partial charge in [-0.1, -0.05) is 6.07 Å². The van der Waals surface area contributed by atoms with Crippen molar-refractivity contribution in [2.75, 3.05) is 26.3 Å². The first-order chi connectivity index (χ1) is 9.65. The zero-order valence-corrected chi connectivity index (χ0v) is 12.3. The van der Waals surface area contributed by atoms with Gasteiger partial charge in [0.2, 0.25) is 5.91 Å². The fourth-order valence-corrected chi connectivity index (χ4v) is 2.37. The normalized spacial score (nSPS) is 17.7. The number of aromatic nitrogens is 1. The zero-order chi connectivity index (χ0) is 14.4. The standard InChI is InChI=1S/C15H23N3O2/c1-12-4-3-5-14(17-12)11-16-15(19)10-13(2)18-6-8-20-9-7-18/h3-5,13H,6-11H2,1-2H3,(H,16,19)/t13-/m1/s1. The van der Waals surface area contributed by atoms with Crippen LogP contribution in [0.4, 0.5) is 0 Å². The van der Waals surface area contributed by atoms with Crippen molar-refractivity contribution in [2.24, 2.45) is 0 Å². The molecule has 0 saturated carbocycles. The molecule has 2 heterocycles. The van der Waals surface area contributed by atoms with Crippen molar-refractivity contribution in [2.45, 2.75) is 32.9 Å². The Balaban J connectivity index is 1.74. The average molecular weight is 277 g/mol. The molecule has 0 bridgehead atoms. The topological polar surface area (TPSA) is 54.5 Å². The first-order valence-corrected chi connectivity index (χ1v) is 7.16. The van der Waals surface area contributed by atoms with Crippen molar-refractivity contribution in [1.82, 2.24) is 15.2 Å². The summed E-state index contributed by atoms with van der Waals surface area (Å²) < 4.78 is 5.32. The van der Waals surface area contributed by atoms with E-state index < -0.39 is 0 Å². The first kappa shape index (κ1) is 14.9. The largest absolute Gasteiger partial charge is 0.379 e. The molecule has 0 aliphatic carbocycles. The van der Waals surface area contributed by atoms with Crippen molar-refractivity contribution < 1.29 is 9.53 Å². The van der Waals surface area contributed by atoms with Crippen LogP contribution in [-0.4, -0.2) is 48.1 Å². The molecule has 5 heteroatoms. The number of pyridine rings is 1. The van der Waals surface area contributed by atoms with Gasteiger partial charge in [0.15, 0.2) is 0 Å². The second kappa shape index (κ2) is 7.36. The Hall–Kier alpha value is -1.46. The summed E-state index contributed by atoms with van der Waals surface area (Å²) in [5.74, 6) is 0.0762. The Morgan fingerprint density at radius 1 is 1.45 bits per heavy atom. The van der Waals surface area contributed by atoms with E-state index in [0.29, 0.717) is 13.0 Å². The van der Waals surface area contributed by atoms with Gasteiger partial charge in [0, 0.05) is 31.2 Å². The fourth-order valence-electron chi connectivity index (χ4n) is 2.37. The van der Waals surface area contributed by atoms with Crippen LogP contribution in [0.2, 0.25) is 0 Å². The minimum absolute atomic E-state index is 0.0762. The number of nitrogens with one attached hydrogen (secondary N) is 1. The third-order valence-electron chi connectivity index (χ3n) is 3.56. The van der Waals surface area contributed by atoms with Crippen molar-refractivity contribution in [3.05, 3.63) is 29.6 Å². The van der Waals surface area contributed by atoms with Crippen LogP contribution < -0.4 is 5.32 Å². The van der Waals surface area contributed by atoms with Gasteiger partial charge in [0.25, 0.3) is 0 Å². The molecule has 20 heavy (non-hydrogen) atoms. The lowest BCUT2D eigenvalue weighted by Gasteiger charge is -2.31. The molecule has 1 aliphatic rings. The number of morpholine rings is 1. The first-order valence-electron chi connectivity index (χ1n) is 7.16. The smallest absolute Gasteiger partial charge is 0.221 e. The van der Waals surface area contributed by atoms with Crippen molar-refractivity contribution >= 4 is 5.91 Å². The number of hydrogen-bond donors (Lipinski definition) is 1. The highest BCUT2D eigenvalue weighted by atomic mass is 16.5. The molecule has 1 amide bonds. The van der Waals surface area contributed by atoms with E-state index >= 15 is 0 Å². The van der Waals surface area contributed by atoms with Crippen molar-refractivity contribution in [1.29, 1.82) is 0 Å². The molecule has 5 nitrogen and oxygen atoms in total. The van der Waals surface area contributed by atoms with Crippen LogP contribution in [0.1, 0.15) is 24.7 Å². The maximum absolute atomic E-state index is 12.0. The van der Waals surface area contributed by atoms with Crippen LogP contribution in [0.15, 0.2) is 18.2 Å². The molecule has 1 aromatic heterocycles. The van der Waals surface area contributed by atoms with Crippen LogP contribution in [-0.2, 0) is 16.1 Å². The molecule has 0 unspecified atom stereocenters. The molecule has 1 aromatic rings. The highest BCUT2D eigenvalue weighted by Crippen LogP contribution is 2.07. The van der Waals surface area contributed by atoms with E-state index in [1.165, 1.54) is 0 Å². The van der Waals surface area contributed by atoms with Crippen molar-refractivity contribution in [3.63, 3.8) is 0 Å². The van der Waals surface area contributed by atoms with Gasteiger partial charge >= 0.3 is 0 Å². The lowest BCUT2D eigenvalue weighted by atomic mass is 10.2. The maximum atomic E-state index is 12.0. The van der Waals surface area contributed by atoms with E-state index in [1.807, 2.05) is 25.1 Å². The summed E-state index contributed by atoms with van der Waals surface area (Å²) >= 11 is 0. The lowest BCUT2D eigenvalue weighted by Crippen LogP contribution is -2.44. The number of nitrogens with zero attached hydrogens (tertiary/aromatic N) is 2. The number of ether oxygens (including phenoxy) is 1. The van der Waals surface area contributed by atoms with Gasteiger partial charge in [0.05, 0.1) is 25.5 Å². The Bertz CT molecular complexity index is 444. The van der Waals surface area contributed by atoms with E-state index in [2.05, 4.69) is 22.1 Å². The number of hydrogen-bond acceptors (Lipinski definition) is 4. The summed E-state index contributed by atoms with van der Waals surface area (Å²) in [6, 6.07) is 6.09. The molecule has 1 N–H and O–H groups in total. The van der Waals surface area contributed by atoms with Gasteiger partial charge in [-0.25, -0.2) is 0 Å². The molecule has 110 valence electrons. The van der Waals surface area contributed by atoms with Gasteiger partial charge < -0.3 is 10.1 Å². The van der Waals surface area contributed by atoms with Crippen LogP contribution in [0.3, 0.4) is 0 Å². The second-order valence-corrected chi connectivity index (χ2v) is 5.25. The van der Waals surface area contributed by atoms with E-state index in [-0.39, 0.29) is 11.9 Å². The summed E-state index contributed by atoms with van der Waals surface area (Å²) in [4.78, 5) is 18.6. The van der Waals surface area contributed by atoms with Crippen LogP contribution >= 0.6 is 0 Å². The Kier molecular flexibility index (Phi) is 5.49. The highest BCUT2D eigenvalue weighted by Gasteiger charge is 2.19. The predicted molar refractivity (Wildman–Crippen MR) is 77.3 cm³/mol. The van der Waals surface area contributed by atoms with Gasteiger partial charge in [-0.3, -0.25) is 14.7 Å². The highest BCUT2D eigenvalue weighted by molar-refractivity contribution is 5.76. The molecule has 1 aliphatic heterocycles. The maximum Gasteiger partial charge on any atom is 0.221 e. The second-order valence-electron chi connectivity index (χ2n) is 5.25. The molecular formula is C15H23N3O2. The third kappa shape index (κ3) is 4.58. The quantitative estimate of drug-likeness (QED) is 0.876. The molecule has 1 fully saturated rings. The van der Waals surface area contributed by atoms with E-state index in [9.17, 15) is 4.79 Å². The number of carbonyl (C=O) groups is 1. The van der Waals surface area contributed by atoms with Crippen molar-refractivity contribution in [3.8, 4) is 0 Å². The minimum atomic E-state index is 0.0762. The molecule has 0 spiro atoms. The minimum Gasteiger partial charge on any atom is -0.379 e. The number of carbonyl (C=O) groups excluding carboxylic acids is 1. The number of rotatable bonds is 5. The Morgan fingerprint density at radius 3 is 2.90 bits per heavy atom. The van der Waals surface area contributed by atoms with Gasteiger partial charge in [-0.15, -0.1) is 0 Å². The number of aryl methyl sites for hydroxylation is 1. The van der Waals surface area contributed by atoms with E-state index in [0.717, 1.165) is 37.7 Å². The van der Waals surface area contributed by atoms with Gasteiger partial charge in [0.1, 0.15) is 0 Å². The molecule has 1 atom stereocenters. The molecule has 2 rings (SSSR count). The SMILES string of the molecule is Cc1cccc(CNC(=O)C[C@@H](C)N2CCOCC2)n1. The summed E-state index contributed by atoms with van der Waals surface area (Å²) in [6.45, 7) is 7.89. The Labute approximate surface area is 120 Å². The predicted octanol–water partition coefficient (Wildman–Crippen LogP) is 1.12.